The lowest BCUT2D eigenvalue weighted by Gasteiger charge is -1.84. The predicted molar refractivity (Wildman–Crippen MR) is 33.4 cm³/mol. The van der Waals surface area contributed by atoms with E-state index in [-0.39, 0.29) is 0 Å². The molecule has 0 saturated heterocycles. The maximum Gasteiger partial charge on any atom is 0.124 e. The van der Waals surface area contributed by atoms with E-state index in [1.807, 2.05) is 0 Å². The Labute approximate surface area is 51.3 Å². The number of unbranched alkanes of at least 4 members (excludes halogenated alkanes) is 2. The summed E-state index contributed by atoms with van der Waals surface area (Å²) >= 11 is 5.39. The van der Waals surface area contributed by atoms with Gasteiger partial charge in [-0.15, -0.1) is 23.9 Å². The Morgan fingerprint density at radius 2 is 2.57 bits per heavy atom. The number of alkyl halides is 1. The molecule has 0 radical (unpaired) electrons. The Morgan fingerprint density at radius 3 is 3.14 bits per heavy atom. The molecule has 0 N–H and O–H groups in total. The van der Waals surface area contributed by atoms with E-state index in [2.05, 4.69) is 12.3 Å². The maximum atomic E-state index is 6.44. The van der Waals surface area contributed by atoms with E-state index in [0.717, 1.165) is 19.3 Å². The van der Waals surface area contributed by atoms with Crippen molar-refractivity contribution in [3.63, 3.8) is 0 Å². The number of rotatable bonds is 3. The highest BCUT2D eigenvalue weighted by atomic mass is 35.5. The maximum absolute atomic E-state index is 6.44. The van der Waals surface area contributed by atoms with Crippen LogP contribution in [0.5, 0.6) is 0 Å². The lowest BCUT2D eigenvalue weighted by Crippen LogP contribution is -1.72. The van der Waals surface area contributed by atoms with Crippen molar-refractivity contribution >= 4 is 11.6 Å². The summed E-state index contributed by atoms with van der Waals surface area (Å²) in [7, 11) is 0. The highest BCUT2D eigenvalue weighted by Gasteiger charge is 1.79. The molecule has 0 aromatic rings. The second-order valence-electron chi connectivity index (χ2n) is 1.32. The molecule has 7 heavy (non-hydrogen) atoms. The highest BCUT2D eigenvalue weighted by molar-refractivity contribution is 6.17. The molecule has 0 aliphatic heterocycles. The zero-order valence-corrected chi connectivity index (χ0v) is 4.96. The summed E-state index contributed by atoms with van der Waals surface area (Å²) in [4.78, 5) is 0. The van der Waals surface area contributed by atoms with Crippen LogP contribution in [0.25, 0.3) is 0 Å². The average Bonchev–Trinajstić information content (AvgIpc) is 1.81. The second kappa shape index (κ2) is 5.85. The number of hydrogen-bond donors (Lipinski definition) is 0. The second-order valence-corrected chi connectivity index (χ2v) is 1.70. The fourth-order valence-corrected chi connectivity index (χ4v) is 0.497. The Hall–Kier alpha value is -0.150. The molecule has 0 amide bonds. The molecule has 0 aliphatic rings. The summed E-state index contributed by atoms with van der Waals surface area (Å²) in [6.07, 6.45) is 4.93. The van der Waals surface area contributed by atoms with Crippen molar-refractivity contribution < 1.29 is 1.37 Å². The molecule has 1 heteroatoms. The molecule has 0 saturated carbocycles. The first-order valence-corrected chi connectivity index (χ1v) is 2.91. The minimum atomic E-state index is 0.708. The van der Waals surface area contributed by atoms with Crippen LogP contribution in [0.3, 0.4) is 0 Å². The molecule has 40 valence electrons. The Morgan fingerprint density at radius 1 is 1.71 bits per heavy atom. The third-order valence-electron chi connectivity index (χ3n) is 0.685. The van der Waals surface area contributed by atoms with Gasteiger partial charge < -0.3 is 0 Å². The lowest BCUT2D eigenvalue weighted by molar-refractivity contribution is 0.834. The molecule has 0 heterocycles. The van der Waals surface area contributed by atoms with Gasteiger partial charge in [0, 0.05) is 12.3 Å². The molecule has 0 fully saturated rings. The first kappa shape index (κ1) is 5.00. The number of halogens is 1. The first-order valence-electron chi connectivity index (χ1n) is 2.87. The lowest BCUT2D eigenvalue weighted by atomic mass is 10.3. The van der Waals surface area contributed by atoms with Crippen LogP contribution in [-0.4, -0.2) is 5.88 Å². The minimum Gasteiger partial charge on any atom is -0.127 e. The molecule has 0 rings (SSSR count). The van der Waals surface area contributed by atoms with E-state index in [4.69, 9.17) is 13.0 Å². The summed E-state index contributed by atoms with van der Waals surface area (Å²) in [6, 6.07) is 0. The monoisotopic (exact) mass is 117 g/mol. The van der Waals surface area contributed by atoms with Crippen molar-refractivity contribution in [2.75, 3.05) is 5.88 Å². The largest absolute Gasteiger partial charge is 0.127 e. The van der Waals surface area contributed by atoms with Crippen LogP contribution >= 0.6 is 11.6 Å². The fraction of sp³-hybridized carbons (Fsp3) is 0.667. The third kappa shape index (κ3) is 5.85. The van der Waals surface area contributed by atoms with Crippen molar-refractivity contribution in [1.29, 1.82) is 0 Å². The van der Waals surface area contributed by atoms with Gasteiger partial charge in [-0.2, -0.15) is 0 Å². The summed E-state index contributed by atoms with van der Waals surface area (Å²) in [5.41, 5.74) is 0. The van der Waals surface area contributed by atoms with Gasteiger partial charge >= 0.3 is 0 Å². The van der Waals surface area contributed by atoms with E-state index < -0.39 is 0 Å². The summed E-state index contributed by atoms with van der Waals surface area (Å²) in [6.45, 7) is 0. The van der Waals surface area contributed by atoms with Crippen molar-refractivity contribution in [3.05, 3.63) is 0 Å². The van der Waals surface area contributed by atoms with Crippen LogP contribution < -0.4 is 0 Å². The SMILES string of the molecule is [2H]C#CCCCCCl. The van der Waals surface area contributed by atoms with Crippen molar-refractivity contribution in [3.8, 4) is 12.3 Å². The van der Waals surface area contributed by atoms with E-state index in [0.29, 0.717) is 5.88 Å². The molecule has 0 unspecified atom stereocenters. The van der Waals surface area contributed by atoms with Gasteiger partial charge in [0.05, 0.1) is 0 Å². The van der Waals surface area contributed by atoms with Crippen LogP contribution in [0.15, 0.2) is 0 Å². The quantitative estimate of drug-likeness (QED) is 0.302. The molecule has 0 aliphatic carbocycles. The Balaban J connectivity index is 2.79. The van der Waals surface area contributed by atoms with Gasteiger partial charge in [0.15, 0.2) is 0 Å². The first-order chi connectivity index (χ1) is 3.91. The predicted octanol–water partition coefficient (Wildman–Crippen LogP) is 2.03. The summed E-state index contributed by atoms with van der Waals surface area (Å²) in [5, 5.41) is 0. The van der Waals surface area contributed by atoms with Crippen LogP contribution in [0.1, 0.15) is 20.6 Å². The van der Waals surface area contributed by atoms with E-state index in [9.17, 15) is 0 Å². The number of terminal acetylenes is 1. The van der Waals surface area contributed by atoms with Crippen LogP contribution in [0, 0.1) is 12.3 Å². The molecular formula is C6H9Cl. The van der Waals surface area contributed by atoms with Gasteiger partial charge in [-0.25, -0.2) is 0 Å². The standard InChI is InChI=1S/C6H9Cl/c1-2-3-4-5-6-7/h1H,3-6H2/i1D. The number of hydrogen-bond acceptors (Lipinski definition) is 0. The molecule has 0 nitrogen and oxygen atoms in total. The smallest absolute Gasteiger partial charge is 0.124 e. The normalized spacial score (nSPS) is 9.00. The van der Waals surface area contributed by atoms with Crippen LogP contribution in [0.2, 0.25) is 0 Å². The summed E-state index contributed by atoms with van der Waals surface area (Å²) in [5.74, 6) is 3.35. The van der Waals surface area contributed by atoms with Gasteiger partial charge in [-0.3, -0.25) is 0 Å². The van der Waals surface area contributed by atoms with Gasteiger partial charge in [-0.1, -0.05) is 0 Å². The molecular weight excluding hydrogens is 108 g/mol. The molecule has 0 aromatic heterocycles. The molecule has 0 spiro atoms. The van der Waals surface area contributed by atoms with Gasteiger partial charge in [0.2, 0.25) is 0 Å². The van der Waals surface area contributed by atoms with Gasteiger partial charge in [0.25, 0.3) is 0 Å². The Kier molecular flexibility index (Phi) is 4.18. The van der Waals surface area contributed by atoms with E-state index in [1.54, 1.807) is 0 Å². The zero-order valence-electron chi connectivity index (χ0n) is 5.21. The topological polar surface area (TPSA) is 0 Å². The summed E-state index contributed by atoms with van der Waals surface area (Å²) < 4.78 is 6.44. The van der Waals surface area contributed by atoms with Gasteiger partial charge in [0.1, 0.15) is 1.37 Å². The molecule has 0 atom stereocenters. The highest BCUT2D eigenvalue weighted by Crippen LogP contribution is 1.93. The van der Waals surface area contributed by atoms with Crippen LogP contribution in [-0.2, 0) is 0 Å². The van der Waals surface area contributed by atoms with Crippen LogP contribution in [0.4, 0.5) is 0 Å². The van der Waals surface area contributed by atoms with Crippen molar-refractivity contribution in [2.24, 2.45) is 0 Å². The molecule has 0 aromatic carbocycles. The van der Waals surface area contributed by atoms with Gasteiger partial charge in [-0.05, 0) is 12.8 Å². The third-order valence-corrected chi connectivity index (χ3v) is 0.953. The van der Waals surface area contributed by atoms with Crippen molar-refractivity contribution in [2.45, 2.75) is 19.3 Å². The van der Waals surface area contributed by atoms with E-state index >= 15 is 0 Å². The van der Waals surface area contributed by atoms with E-state index in [1.165, 1.54) is 0 Å². The zero-order chi connectivity index (χ0) is 6.24. The fourth-order valence-electron chi connectivity index (χ4n) is 0.308. The minimum absolute atomic E-state index is 0.708. The average molecular weight is 118 g/mol. The molecule has 0 bridgehead atoms. The van der Waals surface area contributed by atoms with Crippen molar-refractivity contribution in [1.82, 2.24) is 0 Å². The Bertz CT molecular complexity index is 90.4.